The molecular weight excluding hydrogens is 266 g/mol. The Bertz CT molecular complexity index is 638. The van der Waals surface area contributed by atoms with Crippen molar-refractivity contribution in [2.45, 2.75) is 6.92 Å². The molecule has 0 saturated carbocycles. The van der Waals surface area contributed by atoms with Gasteiger partial charge in [-0.05, 0) is 31.2 Å². The van der Waals surface area contributed by atoms with Crippen molar-refractivity contribution in [3.63, 3.8) is 0 Å². The Hall–Kier alpha value is -2.49. The summed E-state index contributed by atoms with van der Waals surface area (Å²) in [5.41, 5.74) is 2.16. The van der Waals surface area contributed by atoms with Crippen LogP contribution in [-0.4, -0.2) is 27.2 Å². The molecule has 0 radical (unpaired) electrons. The minimum Gasteiger partial charge on any atom is -0.496 e. The quantitative estimate of drug-likeness (QED) is 0.865. The van der Waals surface area contributed by atoms with Crippen molar-refractivity contribution in [3.05, 3.63) is 53.6 Å². The van der Waals surface area contributed by atoms with Crippen molar-refractivity contribution in [2.24, 2.45) is 0 Å². The van der Waals surface area contributed by atoms with Gasteiger partial charge in [-0.2, -0.15) is 0 Å². The van der Waals surface area contributed by atoms with Gasteiger partial charge in [-0.15, -0.1) is 0 Å². The Morgan fingerprint density at radius 1 is 1.00 bits per heavy atom. The molecule has 0 atom stereocenters. The summed E-state index contributed by atoms with van der Waals surface area (Å²) >= 11 is 0. The fourth-order valence-corrected chi connectivity index (χ4v) is 2.28. The van der Waals surface area contributed by atoms with Crippen molar-refractivity contribution in [1.82, 2.24) is 0 Å². The molecule has 0 aromatic heterocycles. The number of nitrogens with zero attached hydrogens (tertiary/aromatic N) is 1. The van der Waals surface area contributed by atoms with Gasteiger partial charge in [-0.1, -0.05) is 18.2 Å². The third-order valence-corrected chi connectivity index (χ3v) is 3.46. The highest BCUT2D eigenvalue weighted by Gasteiger charge is 2.20. The summed E-state index contributed by atoms with van der Waals surface area (Å²) in [6.45, 7) is 1.87. The topological polar surface area (TPSA) is 38.8 Å². The van der Waals surface area contributed by atoms with Gasteiger partial charge in [0, 0.05) is 18.3 Å². The van der Waals surface area contributed by atoms with E-state index in [9.17, 15) is 4.79 Å². The number of hydrogen-bond acceptors (Lipinski definition) is 3. The van der Waals surface area contributed by atoms with Crippen molar-refractivity contribution in [1.29, 1.82) is 0 Å². The minimum absolute atomic E-state index is 0.121. The number of carbonyl (C=O) groups excluding carboxylic acids is 1. The lowest BCUT2D eigenvalue weighted by Gasteiger charge is -2.20. The molecular formula is C17H19NO3. The van der Waals surface area contributed by atoms with Crippen LogP contribution in [0.1, 0.15) is 15.9 Å². The lowest BCUT2D eigenvalue weighted by atomic mass is 10.1. The van der Waals surface area contributed by atoms with E-state index in [2.05, 4.69) is 0 Å². The van der Waals surface area contributed by atoms with Crippen LogP contribution in [0.5, 0.6) is 11.5 Å². The molecule has 0 aliphatic carbocycles. The largest absolute Gasteiger partial charge is 0.496 e. The third-order valence-electron chi connectivity index (χ3n) is 3.46. The zero-order valence-corrected chi connectivity index (χ0v) is 12.7. The predicted octanol–water partition coefficient (Wildman–Crippen LogP) is 3.29. The molecule has 110 valence electrons. The van der Waals surface area contributed by atoms with Crippen molar-refractivity contribution < 1.29 is 14.3 Å². The van der Waals surface area contributed by atoms with Gasteiger partial charge in [0.15, 0.2) is 0 Å². The fourth-order valence-electron chi connectivity index (χ4n) is 2.28. The second-order valence-corrected chi connectivity index (χ2v) is 4.67. The number of amides is 1. The molecule has 2 aromatic carbocycles. The average molecular weight is 285 g/mol. The summed E-state index contributed by atoms with van der Waals surface area (Å²) in [5.74, 6) is 1.12. The molecule has 4 nitrogen and oxygen atoms in total. The number of anilines is 1. The summed E-state index contributed by atoms with van der Waals surface area (Å²) in [5, 5.41) is 0. The number of para-hydroxylation sites is 1. The Balaban J connectivity index is 2.42. The highest BCUT2D eigenvalue weighted by atomic mass is 16.5. The standard InChI is InChI=1S/C17H19NO3/c1-12-15(20-3)11-10-14(16(12)21-4)17(19)18(2)13-8-6-5-7-9-13/h5-11H,1-4H3. The second kappa shape index (κ2) is 6.31. The first-order chi connectivity index (χ1) is 10.1. The van der Waals surface area contributed by atoms with Crippen LogP contribution in [0.4, 0.5) is 5.69 Å². The second-order valence-electron chi connectivity index (χ2n) is 4.67. The average Bonchev–Trinajstić information content (AvgIpc) is 2.54. The molecule has 0 aliphatic heterocycles. The molecule has 21 heavy (non-hydrogen) atoms. The number of ether oxygens (including phenoxy) is 2. The van der Waals surface area contributed by atoms with Gasteiger partial charge in [0.05, 0.1) is 19.8 Å². The van der Waals surface area contributed by atoms with Crippen LogP contribution in [0.3, 0.4) is 0 Å². The molecule has 0 N–H and O–H groups in total. The Labute approximate surface area is 124 Å². The molecule has 2 aromatic rings. The highest BCUT2D eigenvalue weighted by molar-refractivity contribution is 6.08. The molecule has 0 saturated heterocycles. The zero-order chi connectivity index (χ0) is 15.4. The summed E-state index contributed by atoms with van der Waals surface area (Å²) in [6, 6.07) is 13.0. The highest BCUT2D eigenvalue weighted by Crippen LogP contribution is 2.32. The van der Waals surface area contributed by atoms with Crippen molar-refractivity contribution >= 4 is 11.6 Å². The summed E-state index contributed by atoms with van der Waals surface area (Å²) in [7, 11) is 4.90. The number of hydrogen-bond donors (Lipinski definition) is 0. The number of benzene rings is 2. The molecule has 0 heterocycles. The lowest BCUT2D eigenvalue weighted by molar-refractivity contribution is 0.0990. The zero-order valence-electron chi connectivity index (χ0n) is 12.7. The van der Waals surface area contributed by atoms with Gasteiger partial charge >= 0.3 is 0 Å². The summed E-state index contributed by atoms with van der Waals surface area (Å²) in [4.78, 5) is 14.3. The van der Waals surface area contributed by atoms with Gasteiger partial charge in [0.2, 0.25) is 0 Å². The molecule has 0 unspecified atom stereocenters. The maximum atomic E-state index is 12.7. The first kappa shape index (κ1) is 14.9. The maximum Gasteiger partial charge on any atom is 0.261 e. The van der Waals surface area contributed by atoms with Crippen LogP contribution in [0, 0.1) is 6.92 Å². The van der Waals surface area contributed by atoms with Crippen LogP contribution in [0.25, 0.3) is 0 Å². The number of carbonyl (C=O) groups is 1. The smallest absolute Gasteiger partial charge is 0.261 e. The summed E-state index contributed by atoms with van der Waals surface area (Å²) < 4.78 is 10.7. The van der Waals surface area contributed by atoms with Gasteiger partial charge in [0.1, 0.15) is 11.5 Å². The van der Waals surface area contributed by atoms with Gasteiger partial charge < -0.3 is 14.4 Å². The van der Waals surface area contributed by atoms with Gasteiger partial charge in [-0.25, -0.2) is 0 Å². The van der Waals surface area contributed by atoms with Gasteiger partial charge in [0.25, 0.3) is 5.91 Å². The van der Waals surface area contributed by atoms with E-state index in [4.69, 9.17) is 9.47 Å². The van der Waals surface area contributed by atoms with Crippen LogP contribution in [0.15, 0.2) is 42.5 Å². The first-order valence-electron chi connectivity index (χ1n) is 6.64. The monoisotopic (exact) mass is 285 g/mol. The van der Waals surface area contributed by atoms with Crippen molar-refractivity contribution in [3.8, 4) is 11.5 Å². The van der Waals surface area contributed by atoms with Crippen molar-refractivity contribution in [2.75, 3.05) is 26.2 Å². The van der Waals surface area contributed by atoms with E-state index in [-0.39, 0.29) is 5.91 Å². The molecule has 0 spiro atoms. The van der Waals surface area contributed by atoms with E-state index in [1.807, 2.05) is 37.3 Å². The normalized spacial score (nSPS) is 10.1. The van der Waals surface area contributed by atoms with E-state index >= 15 is 0 Å². The van der Waals surface area contributed by atoms with Crippen LogP contribution in [0.2, 0.25) is 0 Å². The maximum absolute atomic E-state index is 12.7. The predicted molar refractivity (Wildman–Crippen MR) is 83.5 cm³/mol. The van der Waals surface area contributed by atoms with E-state index < -0.39 is 0 Å². The Kier molecular flexibility index (Phi) is 4.48. The Morgan fingerprint density at radius 2 is 1.67 bits per heavy atom. The molecule has 0 fully saturated rings. The SMILES string of the molecule is COc1ccc(C(=O)N(C)c2ccccc2)c(OC)c1C. The minimum atomic E-state index is -0.121. The van der Waals surface area contributed by atoms with E-state index in [1.165, 1.54) is 0 Å². The summed E-state index contributed by atoms with van der Waals surface area (Å²) in [6.07, 6.45) is 0. The Morgan fingerprint density at radius 3 is 2.24 bits per heavy atom. The van der Waals surface area contributed by atoms with Gasteiger partial charge in [-0.3, -0.25) is 4.79 Å². The molecule has 0 bridgehead atoms. The lowest BCUT2D eigenvalue weighted by Crippen LogP contribution is -2.26. The third kappa shape index (κ3) is 2.84. The molecule has 0 aliphatic rings. The number of rotatable bonds is 4. The molecule has 4 heteroatoms. The van der Waals surface area contributed by atoms with E-state index in [0.29, 0.717) is 17.1 Å². The van der Waals surface area contributed by atoms with Crippen LogP contribution in [-0.2, 0) is 0 Å². The van der Waals surface area contributed by atoms with Crippen LogP contribution >= 0.6 is 0 Å². The fraction of sp³-hybridized carbons (Fsp3) is 0.235. The number of methoxy groups -OCH3 is 2. The van der Waals surface area contributed by atoms with E-state index in [1.54, 1.807) is 38.3 Å². The molecule has 2 rings (SSSR count). The molecule has 1 amide bonds. The first-order valence-corrected chi connectivity index (χ1v) is 6.64. The van der Waals surface area contributed by atoms with Crippen LogP contribution < -0.4 is 14.4 Å². The van der Waals surface area contributed by atoms with E-state index in [0.717, 1.165) is 11.3 Å².